The first kappa shape index (κ1) is 26.8. The van der Waals surface area contributed by atoms with Gasteiger partial charge in [-0.25, -0.2) is 4.99 Å². The summed E-state index contributed by atoms with van der Waals surface area (Å²) in [5.41, 5.74) is 0.494. The van der Waals surface area contributed by atoms with Gasteiger partial charge in [0.05, 0.1) is 32.4 Å². The molecule has 2 aromatic carbocycles. The molecule has 3 N–H and O–H groups in total. The number of benzene rings is 2. The average Bonchev–Trinajstić information content (AvgIpc) is 2.74. The van der Waals surface area contributed by atoms with Crippen LogP contribution in [0.3, 0.4) is 0 Å². The Bertz CT molecular complexity index is 846. The van der Waals surface area contributed by atoms with Crippen molar-refractivity contribution in [3.63, 3.8) is 0 Å². The van der Waals surface area contributed by atoms with E-state index < -0.39 is 17.8 Å². The van der Waals surface area contributed by atoms with Gasteiger partial charge >= 0.3 is 6.18 Å². The van der Waals surface area contributed by atoms with Crippen LogP contribution in [-0.2, 0) is 12.7 Å². The number of guanidine groups is 1. The van der Waals surface area contributed by atoms with Crippen molar-refractivity contribution in [2.75, 3.05) is 27.3 Å². The first-order valence-electron chi connectivity index (χ1n) is 9.36. The van der Waals surface area contributed by atoms with E-state index in [0.29, 0.717) is 35.1 Å². The molecule has 172 valence electrons. The van der Waals surface area contributed by atoms with E-state index in [0.717, 1.165) is 12.1 Å². The number of hydrogen-bond acceptors (Lipinski definition) is 4. The number of nitrogens with zero attached hydrogens (tertiary/aromatic N) is 1. The summed E-state index contributed by atoms with van der Waals surface area (Å²) in [6, 6.07) is 9.99. The Morgan fingerprint density at radius 2 is 1.74 bits per heavy atom. The molecular weight excluding hydrogens is 526 g/mol. The molecule has 6 nitrogen and oxygen atoms in total. The number of methoxy groups -OCH3 is 2. The Hall–Kier alpha value is -2.21. The van der Waals surface area contributed by atoms with Crippen LogP contribution in [-0.4, -0.2) is 38.4 Å². The monoisotopic (exact) mass is 553 g/mol. The molecular formula is C21H27F3IN3O3. The maximum atomic E-state index is 12.7. The highest BCUT2D eigenvalue weighted by Crippen LogP contribution is 2.30. The van der Waals surface area contributed by atoms with Crippen molar-refractivity contribution in [3.8, 4) is 11.5 Å². The number of ether oxygens (including phenoxy) is 2. The summed E-state index contributed by atoms with van der Waals surface area (Å²) in [7, 11) is 3.05. The summed E-state index contributed by atoms with van der Waals surface area (Å²) < 4.78 is 48.5. The molecule has 0 radical (unpaired) electrons. The molecule has 0 aliphatic carbocycles. The van der Waals surface area contributed by atoms with Crippen molar-refractivity contribution in [2.45, 2.75) is 25.7 Å². The lowest BCUT2D eigenvalue weighted by atomic mass is 10.1. The van der Waals surface area contributed by atoms with Gasteiger partial charge < -0.3 is 25.2 Å². The predicted octanol–water partition coefficient (Wildman–Crippen LogP) is 4.13. The second kappa shape index (κ2) is 12.6. The molecule has 0 aliphatic rings. The standard InChI is InChI=1S/C21H26F3N3O3.HI/c1-4-25-20(26-12-14-5-7-15(8-6-14)21(22,23)24)27-13-18(28)17-11-16(29-2)9-10-19(17)30-3;/h5-11,18,28H,4,12-13H2,1-3H3,(H2,25,26,27);1H. The number of hydrogen-bond donors (Lipinski definition) is 3. The summed E-state index contributed by atoms with van der Waals surface area (Å²) in [5, 5.41) is 16.6. The molecule has 0 saturated heterocycles. The third-order valence-electron chi connectivity index (χ3n) is 4.30. The van der Waals surface area contributed by atoms with Crippen LogP contribution in [0, 0.1) is 0 Å². The van der Waals surface area contributed by atoms with E-state index in [1.165, 1.54) is 26.4 Å². The zero-order valence-electron chi connectivity index (χ0n) is 17.5. The van der Waals surface area contributed by atoms with Gasteiger partial charge in [-0.3, -0.25) is 0 Å². The zero-order valence-corrected chi connectivity index (χ0v) is 19.8. The number of halogens is 4. The van der Waals surface area contributed by atoms with Gasteiger partial charge in [0, 0.05) is 18.7 Å². The Balaban J connectivity index is 0.00000480. The van der Waals surface area contributed by atoms with E-state index in [9.17, 15) is 18.3 Å². The summed E-state index contributed by atoms with van der Waals surface area (Å²) in [4.78, 5) is 4.36. The first-order valence-corrected chi connectivity index (χ1v) is 9.36. The fraction of sp³-hybridized carbons (Fsp3) is 0.381. The minimum atomic E-state index is -4.37. The molecule has 0 spiro atoms. The normalized spacial score (nSPS) is 12.5. The van der Waals surface area contributed by atoms with E-state index in [1.54, 1.807) is 18.2 Å². The maximum Gasteiger partial charge on any atom is 0.416 e. The third-order valence-corrected chi connectivity index (χ3v) is 4.30. The molecule has 0 bridgehead atoms. The molecule has 0 heterocycles. The quantitative estimate of drug-likeness (QED) is 0.261. The van der Waals surface area contributed by atoms with Gasteiger partial charge in [0.2, 0.25) is 0 Å². The SMILES string of the molecule is CCNC(=NCc1ccc(C(F)(F)F)cc1)NCC(O)c1cc(OC)ccc1OC.I. The topological polar surface area (TPSA) is 75.1 Å². The minimum Gasteiger partial charge on any atom is -0.497 e. The molecule has 2 aromatic rings. The molecule has 31 heavy (non-hydrogen) atoms. The molecule has 0 amide bonds. The molecule has 0 aliphatic heterocycles. The van der Waals surface area contributed by atoms with Crippen molar-refractivity contribution >= 4 is 29.9 Å². The van der Waals surface area contributed by atoms with Crippen molar-refractivity contribution in [2.24, 2.45) is 4.99 Å². The smallest absolute Gasteiger partial charge is 0.416 e. The zero-order chi connectivity index (χ0) is 22.1. The lowest BCUT2D eigenvalue weighted by Crippen LogP contribution is -2.39. The first-order chi connectivity index (χ1) is 14.3. The number of aliphatic hydroxyl groups is 1. The molecule has 0 fully saturated rings. The van der Waals surface area contributed by atoms with Crippen LogP contribution in [0.4, 0.5) is 13.2 Å². The van der Waals surface area contributed by atoms with Crippen molar-refractivity contribution in [1.29, 1.82) is 0 Å². The van der Waals surface area contributed by atoms with Crippen LogP contribution in [0.1, 0.15) is 29.7 Å². The summed E-state index contributed by atoms with van der Waals surface area (Å²) in [6.45, 7) is 2.79. The highest BCUT2D eigenvalue weighted by Gasteiger charge is 2.29. The van der Waals surface area contributed by atoms with E-state index in [-0.39, 0.29) is 37.1 Å². The van der Waals surface area contributed by atoms with Gasteiger partial charge in [0.15, 0.2) is 5.96 Å². The summed E-state index contributed by atoms with van der Waals surface area (Å²) in [6.07, 6.45) is -5.26. The van der Waals surface area contributed by atoms with Crippen molar-refractivity contribution in [3.05, 3.63) is 59.2 Å². The Morgan fingerprint density at radius 3 is 2.29 bits per heavy atom. The van der Waals surface area contributed by atoms with E-state index >= 15 is 0 Å². The second-order valence-corrected chi connectivity index (χ2v) is 6.39. The summed E-state index contributed by atoms with van der Waals surface area (Å²) in [5.74, 6) is 1.54. The molecule has 1 atom stereocenters. The highest BCUT2D eigenvalue weighted by molar-refractivity contribution is 14.0. The summed E-state index contributed by atoms with van der Waals surface area (Å²) >= 11 is 0. The fourth-order valence-corrected chi connectivity index (χ4v) is 2.71. The predicted molar refractivity (Wildman–Crippen MR) is 124 cm³/mol. The van der Waals surface area contributed by atoms with Crippen LogP contribution in [0.2, 0.25) is 0 Å². The van der Waals surface area contributed by atoms with Gasteiger partial charge in [-0.05, 0) is 42.8 Å². The van der Waals surface area contributed by atoms with E-state index in [2.05, 4.69) is 15.6 Å². The van der Waals surface area contributed by atoms with Gasteiger partial charge in [-0.2, -0.15) is 13.2 Å². The number of aliphatic imine (C=N–C) groups is 1. The molecule has 1 unspecified atom stereocenters. The molecule has 0 aromatic heterocycles. The minimum absolute atomic E-state index is 0. The van der Waals surface area contributed by atoms with Gasteiger partial charge in [0.25, 0.3) is 0 Å². The van der Waals surface area contributed by atoms with Crippen LogP contribution < -0.4 is 20.1 Å². The molecule has 0 saturated carbocycles. The van der Waals surface area contributed by atoms with Crippen LogP contribution in [0.5, 0.6) is 11.5 Å². The molecule has 2 rings (SSSR count). The van der Waals surface area contributed by atoms with Gasteiger partial charge in [-0.1, -0.05) is 12.1 Å². The van der Waals surface area contributed by atoms with Crippen LogP contribution in [0.15, 0.2) is 47.5 Å². The number of nitrogens with one attached hydrogen (secondary N) is 2. The Morgan fingerprint density at radius 1 is 1.06 bits per heavy atom. The number of rotatable bonds is 8. The number of aliphatic hydroxyl groups excluding tert-OH is 1. The van der Waals surface area contributed by atoms with Gasteiger partial charge in [-0.15, -0.1) is 24.0 Å². The van der Waals surface area contributed by atoms with Gasteiger partial charge in [0.1, 0.15) is 11.5 Å². The van der Waals surface area contributed by atoms with E-state index in [4.69, 9.17) is 9.47 Å². The van der Waals surface area contributed by atoms with Crippen LogP contribution >= 0.6 is 24.0 Å². The van der Waals surface area contributed by atoms with Crippen molar-refractivity contribution in [1.82, 2.24) is 10.6 Å². The lowest BCUT2D eigenvalue weighted by molar-refractivity contribution is -0.137. The largest absolute Gasteiger partial charge is 0.497 e. The highest BCUT2D eigenvalue weighted by atomic mass is 127. The maximum absolute atomic E-state index is 12.7. The van der Waals surface area contributed by atoms with Crippen LogP contribution in [0.25, 0.3) is 0 Å². The van der Waals surface area contributed by atoms with E-state index in [1.807, 2.05) is 6.92 Å². The fourth-order valence-electron chi connectivity index (χ4n) is 2.71. The Labute approximate surface area is 196 Å². The Kier molecular flexibility index (Phi) is 10.9. The molecule has 10 heteroatoms. The average molecular weight is 553 g/mol. The number of alkyl halides is 3. The second-order valence-electron chi connectivity index (χ2n) is 6.39. The lowest BCUT2D eigenvalue weighted by Gasteiger charge is -2.18. The van der Waals surface area contributed by atoms with Crippen molar-refractivity contribution < 1.29 is 27.8 Å². The third kappa shape index (κ3) is 8.09.